The minimum absolute atomic E-state index is 0.0217. The number of aliphatic hydroxyl groups is 1. The van der Waals surface area contributed by atoms with Gasteiger partial charge in [-0.3, -0.25) is 0 Å². The minimum atomic E-state index is -3.45. The van der Waals surface area contributed by atoms with Gasteiger partial charge in [0.05, 0.1) is 23.3 Å². The number of fused-ring (bicyclic) bond motifs is 2. The molecule has 0 fully saturated rings. The number of alkyl halides is 3. The van der Waals surface area contributed by atoms with Crippen LogP contribution in [0.4, 0.5) is 23.2 Å². The lowest BCUT2D eigenvalue weighted by Crippen LogP contribution is -2.22. The zero-order valence-corrected chi connectivity index (χ0v) is 18.3. The Morgan fingerprint density at radius 1 is 0.943 bits per heavy atom. The molecule has 8 heteroatoms. The lowest BCUT2D eigenvalue weighted by molar-refractivity contribution is -0.0966. The van der Waals surface area contributed by atoms with Crippen molar-refractivity contribution in [3.05, 3.63) is 87.2 Å². The van der Waals surface area contributed by atoms with Crippen molar-refractivity contribution in [3.8, 4) is 23.3 Å². The van der Waals surface area contributed by atoms with Crippen molar-refractivity contribution in [1.29, 1.82) is 10.5 Å². The van der Waals surface area contributed by atoms with Crippen LogP contribution < -0.4 is 5.73 Å². The van der Waals surface area contributed by atoms with E-state index in [1.807, 2.05) is 12.1 Å². The Labute approximate surface area is 198 Å². The minimum Gasteiger partial charge on any atom is -0.398 e. The first-order valence-electron chi connectivity index (χ1n) is 11.0. The van der Waals surface area contributed by atoms with Crippen LogP contribution in [-0.4, -0.2) is 11.0 Å². The summed E-state index contributed by atoms with van der Waals surface area (Å²) in [5.41, 5.74) is 8.33. The number of nitrogens with zero attached hydrogens (tertiary/aromatic N) is 2. The lowest BCUT2D eigenvalue weighted by atomic mass is 9.74. The number of halogens is 4. The fourth-order valence-corrected chi connectivity index (χ4v) is 5.48. The Morgan fingerprint density at radius 2 is 1.69 bits per heavy atom. The number of anilines is 1. The van der Waals surface area contributed by atoms with Crippen molar-refractivity contribution in [2.24, 2.45) is 0 Å². The van der Waals surface area contributed by atoms with E-state index in [0.717, 1.165) is 12.1 Å². The van der Waals surface area contributed by atoms with E-state index in [9.17, 15) is 27.9 Å². The van der Waals surface area contributed by atoms with Crippen LogP contribution in [0.2, 0.25) is 0 Å². The molecule has 0 saturated heterocycles. The highest BCUT2D eigenvalue weighted by Crippen LogP contribution is 2.53. The molecular weight excluding hydrogens is 458 g/mol. The van der Waals surface area contributed by atoms with E-state index in [2.05, 4.69) is 0 Å². The Balaban J connectivity index is 1.75. The summed E-state index contributed by atoms with van der Waals surface area (Å²) in [5, 5.41) is 29.4. The van der Waals surface area contributed by atoms with Crippen LogP contribution in [-0.2, 0) is 6.42 Å². The smallest absolute Gasteiger partial charge is 0.281 e. The Hall–Kier alpha value is -3.88. The fourth-order valence-electron chi connectivity index (χ4n) is 5.48. The Bertz CT molecular complexity index is 1450. The second kappa shape index (κ2) is 8.11. The van der Waals surface area contributed by atoms with Crippen LogP contribution >= 0.6 is 0 Å². The van der Waals surface area contributed by atoms with Crippen LogP contribution in [0.3, 0.4) is 0 Å². The highest BCUT2D eigenvalue weighted by molar-refractivity contribution is 5.82. The molecule has 5 rings (SSSR count). The maximum atomic E-state index is 14.9. The average molecular weight is 477 g/mol. The molecule has 0 unspecified atom stereocenters. The van der Waals surface area contributed by atoms with E-state index in [4.69, 9.17) is 11.0 Å². The van der Waals surface area contributed by atoms with Crippen LogP contribution in [0, 0.1) is 28.5 Å². The maximum Gasteiger partial charge on any atom is 0.281 e. The Morgan fingerprint density at radius 3 is 2.37 bits per heavy atom. The third-order valence-corrected chi connectivity index (χ3v) is 7.02. The predicted molar refractivity (Wildman–Crippen MR) is 121 cm³/mol. The summed E-state index contributed by atoms with van der Waals surface area (Å²) in [7, 11) is 0. The summed E-state index contributed by atoms with van der Waals surface area (Å²) in [4.78, 5) is 0. The summed E-state index contributed by atoms with van der Waals surface area (Å²) < 4.78 is 58.5. The van der Waals surface area contributed by atoms with Crippen molar-refractivity contribution in [2.75, 3.05) is 5.73 Å². The van der Waals surface area contributed by atoms with Gasteiger partial charge >= 0.3 is 0 Å². The number of benzene rings is 3. The van der Waals surface area contributed by atoms with Crippen molar-refractivity contribution >= 4 is 5.69 Å². The second-order valence-electron chi connectivity index (χ2n) is 9.01. The number of rotatable bonds is 2. The average Bonchev–Trinajstić information content (AvgIpc) is 3.07. The van der Waals surface area contributed by atoms with E-state index in [1.54, 1.807) is 18.2 Å². The van der Waals surface area contributed by atoms with Gasteiger partial charge in [0.1, 0.15) is 18.1 Å². The maximum absolute atomic E-state index is 14.9. The van der Waals surface area contributed by atoms with Crippen LogP contribution in [0.1, 0.15) is 70.0 Å². The first-order valence-corrected chi connectivity index (χ1v) is 11.0. The van der Waals surface area contributed by atoms with Gasteiger partial charge in [0.2, 0.25) is 0 Å². The molecule has 3 atom stereocenters. The number of nitriles is 2. The van der Waals surface area contributed by atoms with Crippen LogP contribution in [0.5, 0.6) is 0 Å². The van der Waals surface area contributed by atoms with Crippen LogP contribution in [0.25, 0.3) is 11.1 Å². The standard InChI is InChI=1S/C27H19F4N3O/c28-15-8-14(12-33)24-18(5-6-22(29)20(24)9-15)16-3-4-19(17-2-1-13(11-32)7-23(17)34)25-21(16)10-27(30,31)26(25)35/h1-4,7-9,18,22,26,35H,5-6,10,34H2/t18-,22+,26+/m1/s1. The van der Waals surface area contributed by atoms with Gasteiger partial charge < -0.3 is 10.8 Å². The zero-order chi connectivity index (χ0) is 25.1. The number of nitrogen functional groups attached to an aromatic ring is 1. The summed E-state index contributed by atoms with van der Waals surface area (Å²) >= 11 is 0. The number of hydrogen-bond donors (Lipinski definition) is 2. The summed E-state index contributed by atoms with van der Waals surface area (Å²) in [6, 6.07) is 13.7. The number of nitrogens with two attached hydrogens (primary N) is 1. The SMILES string of the molecule is N#Cc1ccc(-c2ccc([C@H]3CC[C@H](F)c4cc(F)cc(C#N)c43)c3c2[C@H](O)C(F)(F)C3)c(N)c1. The third-order valence-electron chi connectivity index (χ3n) is 7.02. The van der Waals surface area contributed by atoms with Gasteiger partial charge in [0.15, 0.2) is 0 Å². The Kier molecular flexibility index (Phi) is 5.30. The van der Waals surface area contributed by atoms with E-state index in [-0.39, 0.29) is 40.8 Å². The van der Waals surface area contributed by atoms with Crippen molar-refractivity contribution in [3.63, 3.8) is 0 Å². The molecule has 4 nitrogen and oxygen atoms in total. The first-order chi connectivity index (χ1) is 16.7. The molecule has 3 aromatic rings. The first kappa shape index (κ1) is 22.9. The van der Waals surface area contributed by atoms with Crippen LogP contribution in [0.15, 0.2) is 42.5 Å². The molecule has 0 bridgehead atoms. The quantitative estimate of drug-likeness (QED) is 0.351. The fraction of sp³-hybridized carbons (Fsp3) is 0.259. The molecule has 3 N–H and O–H groups in total. The molecule has 0 radical (unpaired) electrons. The van der Waals surface area contributed by atoms with Gasteiger partial charge in [-0.15, -0.1) is 0 Å². The predicted octanol–water partition coefficient (Wildman–Crippen LogP) is 5.98. The van der Waals surface area contributed by atoms with Gasteiger partial charge in [0.25, 0.3) is 5.92 Å². The van der Waals surface area contributed by atoms with E-state index >= 15 is 0 Å². The number of hydrogen-bond acceptors (Lipinski definition) is 4. The van der Waals surface area contributed by atoms with E-state index in [1.165, 1.54) is 12.1 Å². The monoisotopic (exact) mass is 477 g/mol. The van der Waals surface area contributed by atoms with E-state index in [0.29, 0.717) is 27.8 Å². The van der Waals surface area contributed by atoms with Gasteiger partial charge in [0, 0.05) is 23.6 Å². The summed E-state index contributed by atoms with van der Waals surface area (Å²) in [6.07, 6.45) is -4.02. The molecule has 0 aliphatic heterocycles. The molecule has 0 heterocycles. The van der Waals surface area contributed by atoms with Gasteiger partial charge in [-0.2, -0.15) is 10.5 Å². The molecule has 35 heavy (non-hydrogen) atoms. The normalized spacial score (nSPS) is 22.1. The van der Waals surface area contributed by atoms with Gasteiger partial charge in [-0.1, -0.05) is 18.2 Å². The summed E-state index contributed by atoms with van der Waals surface area (Å²) in [6.45, 7) is 0. The molecule has 2 aliphatic rings. The van der Waals surface area contributed by atoms with E-state index < -0.39 is 36.4 Å². The third kappa shape index (κ3) is 3.53. The van der Waals surface area contributed by atoms with Crippen molar-refractivity contribution < 1.29 is 22.7 Å². The topological polar surface area (TPSA) is 93.8 Å². The van der Waals surface area contributed by atoms with Crippen molar-refractivity contribution in [1.82, 2.24) is 0 Å². The number of aliphatic hydroxyl groups excluding tert-OH is 1. The molecule has 0 spiro atoms. The molecule has 0 amide bonds. The molecule has 0 saturated carbocycles. The second-order valence-corrected chi connectivity index (χ2v) is 9.01. The molecule has 3 aromatic carbocycles. The highest BCUT2D eigenvalue weighted by atomic mass is 19.3. The molecular formula is C27H19F4N3O. The zero-order valence-electron chi connectivity index (χ0n) is 18.3. The molecule has 0 aromatic heterocycles. The highest BCUT2D eigenvalue weighted by Gasteiger charge is 2.50. The molecule has 2 aliphatic carbocycles. The van der Waals surface area contributed by atoms with Gasteiger partial charge in [-0.25, -0.2) is 17.6 Å². The largest absolute Gasteiger partial charge is 0.398 e. The van der Waals surface area contributed by atoms with Gasteiger partial charge in [-0.05, 0) is 70.5 Å². The van der Waals surface area contributed by atoms with Crippen molar-refractivity contribution in [2.45, 2.75) is 43.4 Å². The summed E-state index contributed by atoms with van der Waals surface area (Å²) in [5.74, 6) is -4.80. The lowest BCUT2D eigenvalue weighted by Gasteiger charge is -2.31. The molecule has 176 valence electrons.